The van der Waals surface area contributed by atoms with Gasteiger partial charge >= 0.3 is 0 Å². The van der Waals surface area contributed by atoms with Gasteiger partial charge in [-0.25, -0.2) is 0 Å². The van der Waals surface area contributed by atoms with Crippen LogP contribution in [0.1, 0.15) is 29.5 Å². The van der Waals surface area contributed by atoms with Gasteiger partial charge in [0.05, 0.1) is 30.0 Å². The van der Waals surface area contributed by atoms with Crippen molar-refractivity contribution in [1.82, 2.24) is 5.16 Å². The molecule has 2 heterocycles. The Morgan fingerprint density at radius 1 is 1.26 bits per heavy atom. The molecular formula is C23H19ClN2O5. The van der Waals surface area contributed by atoms with Crippen molar-refractivity contribution in [1.29, 1.82) is 0 Å². The third kappa shape index (κ3) is 3.08. The third-order valence-electron chi connectivity index (χ3n) is 6.04. The van der Waals surface area contributed by atoms with E-state index in [1.165, 1.54) is 13.4 Å². The van der Waals surface area contributed by atoms with Gasteiger partial charge < -0.3 is 24.8 Å². The van der Waals surface area contributed by atoms with Gasteiger partial charge in [0.2, 0.25) is 0 Å². The Bertz CT molecular complexity index is 1230. The van der Waals surface area contributed by atoms with Crippen molar-refractivity contribution in [3.05, 3.63) is 64.4 Å². The summed E-state index contributed by atoms with van der Waals surface area (Å²) in [5, 5.41) is 27.3. The molecule has 5 rings (SSSR count). The number of carbonyl (C=O) groups excluding carboxylic acids is 1. The van der Waals surface area contributed by atoms with E-state index >= 15 is 0 Å². The fraction of sp³-hybridized carbons (Fsp3) is 0.217. The number of ether oxygens (including phenoxy) is 1. The van der Waals surface area contributed by atoms with Gasteiger partial charge in [-0.05, 0) is 41.3 Å². The second kappa shape index (κ2) is 7.14. The van der Waals surface area contributed by atoms with Crippen LogP contribution in [0.5, 0.6) is 5.88 Å². The zero-order valence-electron chi connectivity index (χ0n) is 16.6. The summed E-state index contributed by atoms with van der Waals surface area (Å²) in [6, 6.07) is 11.3. The first-order valence-corrected chi connectivity index (χ1v) is 10.1. The van der Waals surface area contributed by atoms with E-state index in [1.807, 2.05) is 24.3 Å². The fourth-order valence-corrected chi connectivity index (χ4v) is 4.28. The maximum atomic E-state index is 12.6. The minimum Gasteiger partial charge on any atom is -0.506 e. The summed E-state index contributed by atoms with van der Waals surface area (Å²) in [4.78, 5) is 12.6. The number of aliphatic hydroxyl groups is 2. The number of hydrogen-bond acceptors (Lipinski definition) is 6. The van der Waals surface area contributed by atoms with Crippen LogP contribution in [-0.2, 0) is 10.2 Å². The lowest BCUT2D eigenvalue weighted by Crippen LogP contribution is -2.11. The highest BCUT2D eigenvalue weighted by Gasteiger charge is 2.43. The topological polar surface area (TPSA) is 105 Å². The molecule has 0 unspecified atom stereocenters. The highest BCUT2D eigenvalue weighted by atomic mass is 35.5. The molecule has 1 saturated carbocycles. The standard InChI is InChI=1S/C23H19ClN2O5/c1-30-22-16(10-31-26-22)20(28)19-15-8-14(17(24)9-18(15)25-21(19)29)12-2-4-13(5-3-12)23(11-27)6-7-23/h2-5,8-10,27-28H,6-7,11H2,1H3,(H,25,29). The van der Waals surface area contributed by atoms with Crippen molar-refractivity contribution in [2.24, 2.45) is 0 Å². The predicted octanol–water partition coefficient (Wildman–Crippen LogP) is 4.41. The second-order valence-corrected chi connectivity index (χ2v) is 8.22. The number of hydrogen-bond donors (Lipinski definition) is 3. The second-order valence-electron chi connectivity index (χ2n) is 7.81. The summed E-state index contributed by atoms with van der Waals surface area (Å²) in [7, 11) is 1.39. The number of benzene rings is 2. The van der Waals surface area contributed by atoms with Gasteiger partial charge in [-0.3, -0.25) is 4.79 Å². The molecule has 0 spiro atoms. The van der Waals surface area contributed by atoms with E-state index in [1.54, 1.807) is 12.1 Å². The normalized spacial score (nSPS) is 17.8. The van der Waals surface area contributed by atoms with Gasteiger partial charge in [0, 0.05) is 16.5 Å². The summed E-state index contributed by atoms with van der Waals surface area (Å²) in [5.41, 5.74) is 3.86. The van der Waals surface area contributed by atoms with Crippen LogP contribution in [0.25, 0.3) is 22.5 Å². The quantitative estimate of drug-likeness (QED) is 0.402. The number of fused-ring (bicyclic) bond motifs is 1. The summed E-state index contributed by atoms with van der Waals surface area (Å²) in [5.74, 6) is -0.677. The molecule has 7 nitrogen and oxygen atoms in total. The molecule has 2 aromatic carbocycles. The molecule has 1 fully saturated rings. The van der Waals surface area contributed by atoms with Crippen LogP contribution in [-0.4, -0.2) is 35.0 Å². The van der Waals surface area contributed by atoms with E-state index in [0.29, 0.717) is 16.3 Å². The van der Waals surface area contributed by atoms with Crippen molar-refractivity contribution in [2.45, 2.75) is 18.3 Å². The molecule has 3 N–H and O–H groups in total. The van der Waals surface area contributed by atoms with Crippen molar-refractivity contribution in [3.63, 3.8) is 0 Å². The maximum Gasteiger partial charge on any atom is 0.264 e. The number of methoxy groups -OCH3 is 1. The minimum absolute atomic E-state index is 0.0777. The summed E-state index contributed by atoms with van der Waals surface area (Å²) >= 11 is 6.52. The molecular weight excluding hydrogens is 420 g/mol. The molecule has 8 heteroatoms. The number of rotatable bonds is 5. The Morgan fingerprint density at radius 2 is 2.00 bits per heavy atom. The SMILES string of the molecule is COc1nocc1C(O)=C1C(=O)Nc2cc(Cl)c(-c3ccc(C4(CO)CC4)cc3)cc21. The number of nitrogens with one attached hydrogen (secondary N) is 1. The van der Waals surface area contributed by atoms with Crippen LogP contribution in [0, 0.1) is 0 Å². The Hall–Kier alpha value is -3.29. The minimum atomic E-state index is -0.460. The van der Waals surface area contributed by atoms with Crippen molar-refractivity contribution >= 4 is 34.5 Å². The van der Waals surface area contributed by atoms with Crippen LogP contribution in [0.15, 0.2) is 47.2 Å². The summed E-state index contributed by atoms with van der Waals surface area (Å²) in [6.07, 6.45) is 3.18. The average Bonchev–Trinajstić information content (AvgIpc) is 3.31. The summed E-state index contributed by atoms with van der Waals surface area (Å²) < 4.78 is 9.95. The molecule has 0 radical (unpaired) electrons. The number of anilines is 1. The number of halogens is 1. The predicted molar refractivity (Wildman–Crippen MR) is 116 cm³/mol. The van der Waals surface area contributed by atoms with E-state index in [-0.39, 0.29) is 34.8 Å². The number of aliphatic hydroxyl groups excluding tert-OH is 2. The van der Waals surface area contributed by atoms with Crippen LogP contribution in [0.3, 0.4) is 0 Å². The first-order valence-electron chi connectivity index (χ1n) is 9.76. The van der Waals surface area contributed by atoms with Crippen LogP contribution >= 0.6 is 11.6 Å². The molecule has 1 amide bonds. The van der Waals surface area contributed by atoms with E-state index < -0.39 is 5.91 Å². The number of nitrogens with zero attached hydrogens (tertiary/aromatic N) is 1. The third-order valence-corrected chi connectivity index (χ3v) is 6.35. The maximum absolute atomic E-state index is 12.6. The summed E-state index contributed by atoms with van der Waals surface area (Å²) in [6.45, 7) is 0.138. The molecule has 1 aliphatic carbocycles. The molecule has 3 aromatic rings. The number of amides is 1. The lowest BCUT2D eigenvalue weighted by atomic mass is 9.93. The molecule has 0 atom stereocenters. The first-order chi connectivity index (χ1) is 15.0. The van der Waals surface area contributed by atoms with E-state index in [4.69, 9.17) is 20.9 Å². The molecule has 0 bridgehead atoms. The molecule has 1 aromatic heterocycles. The largest absolute Gasteiger partial charge is 0.506 e. The Morgan fingerprint density at radius 3 is 2.65 bits per heavy atom. The van der Waals surface area contributed by atoms with Crippen molar-refractivity contribution < 1.29 is 24.3 Å². The zero-order chi connectivity index (χ0) is 21.8. The first kappa shape index (κ1) is 19.7. The van der Waals surface area contributed by atoms with Crippen molar-refractivity contribution in [3.8, 4) is 17.0 Å². The monoisotopic (exact) mass is 438 g/mol. The average molecular weight is 439 g/mol. The fourth-order valence-electron chi connectivity index (χ4n) is 4.00. The van der Waals surface area contributed by atoms with Gasteiger partial charge in [-0.2, -0.15) is 0 Å². The Labute approximate surface area is 182 Å². The lowest BCUT2D eigenvalue weighted by Gasteiger charge is -2.14. The van der Waals surface area contributed by atoms with Gasteiger partial charge in [-0.1, -0.05) is 35.9 Å². The van der Waals surface area contributed by atoms with Gasteiger partial charge in [0.15, 0.2) is 0 Å². The lowest BCUT2D eigenvalue weighted by molar-refractivity contribution is -0.110. The number of carbonyl (C=O) groups is 1. The number of aromatic nitrogens is 1. The van der Waals surface area contributed by atoms with Gasteiger partial charge in [0.1, 0.15) is 17.6 Å². The zero-order valence-corrected chi connectivity index (χ0v) is 17.4. The van der Waals surface area contributed by atoms with Crippen LogP contribution in [0.2, 0.25) is 5.02 Å². The van der Waals surface area contributed by atoms with E-state index in [9.17, 15) is 15.0 Å². The Balaban J connectivity index is 1.59. The highest BCUT2D eigenvalue weighted by molar-refractivity contribution is 6.38. The van der Waals surface area contributed by atoms with Crippen LogP contribution < -0.4 is 10.1 Å². The Kier molecular flexibility index (Phi) is 4.53. The molecule has 31 heavy (non-hydrogen) atoms. The molecule has 1 aliphatic heterocycles. The van der Waals surface area contributed by atoms with E-state index in [2.05, 4.69) is 10.5 Å². The van der Waals surface area contributed by atoms with E-state index in [0.717, 1.165) is 29.5 Å². The molecule has 158 valence electrons. The molecule has 0 saturated heterocycles. The van der Waals surface area contributed by atoms with Crippen LogP contribution in [0.4, 0.5) is 5.69 Å². The smallest absolute Gasteiger partial charge is 0.264 e. The van der Waals surface area contributed by atoms with Gasteiger partial charge in [0.25, 0.3) is 11.8 Å². The molecule has 2 aliphatic rings. The van der Waals surface area contributed by atoms with Crippen molar-refractivity contribution in [2.75, 3.05) is 19.0 Å². The highest BCUT2D eigenvalue weighted by Crippen LogP contribution is 2.48. The van der Waals surface area contributed by atoms with Gasteiger partial charge in [-0.15, -0.1) is 0 Å².